The number of anilines is 1. The average molecular weight is 317 g/mol. The standard InChI is InChI=1S/C15H19N5OS/c21-14(13-9-4-1-2-5-10(9)19-20-13)18-15-17-12(8-22-15)11-6-3-7-16-11/h3,6-10,13,16,19-20H,1-2,4-5H2,(H,17,18,21). The fourth-order valence-corrected chi connectivity index (χ4v) is 4.14. The minimum atomic E-state index is -0.164. The van der Waals surface area contributed by atoms with Crippen molar-refractivity contribution < 1.29 is 4.79 Å². The van der Waals surface area contributed by atoms with E-state index in [4.69, 9.17) is 0 Å². The van der Waals surface area contributed by atoms with Crippen LogP contribution in [0.4, 0.5) is 5.13 Å². The van der Waals surface area contributed by atoms with E-state index < -0.39 is 0 Å². The van der Waals surface area contributed by atoms with Gasteiger partial charge in [0, 0.05) is 23.5 Å². The maximum atomic E-state index is 12.5. The van der Waals surface area contributed by atoms with Crippen LogP contribution in [0.25, 0.3) is 11.4 Å². The Balaban J connectivity index is 1.44. The van der Waals surface area contributed by atoms with Gasteiger partial charge in [0.2, 0.25) is 5.91 Å². The summed E-state index contributed by atoms with van der Waals surface area (Å²) >= 11 is 1.45. The van der Waals surface area contributed by atoms with Crippen molar-refractivity contribution in [3.8, 4) is 11.4 Å². The van der Waals surface area contributed by atoms with Gasteiger partial charge in [-0.3, -0.25) is 10.2 Å². The zero-order valence-corrected chi connectivity index (χ0v) is 13.0. The van der Waals surface area contributed by atoms with Crippen LogP contribution in [-0.4, -0.2) is 28.0 Å². The van der Waals surface area contributed by atoms with Gasteiger partial charge in [0.15, 0.2) is 5.13 Å². The maximum absolute atomic E-state index is 12.5. The van der Waals surface area contributed by atoms with E-state index in [2.05, 4.69) is 26.1 Å². The molecule has 0 radical (unpaired) electrons. The van der Waals surface area contributed by atoms with Crippen molar-refractivity contribution in [2.24, 2.45) is 5.92 Å². The summed E-state index contributed by atoms with van der Waals surface area (Å²) in [5.74, 6) is 0.394. The minimum Gasteiger partial charge on any atom is -0.360 e. The molecule has 3 unspecified atom stereocenters. The van der Waals surface area contributed by atoms with E-state index in [1.54, 1.807) is 0 Å². The number of fused-ring (bicyclic) bond motifs is 1. The number of carbonyl (C=O) groups excluding carboxylic acids is 1. The summed E-state index contributed by atoms with van der Waals surface area (Å²) in [7, 11) is 0. The molecule has 1 saturated heterocycles. The first-order valence-electron chi connectivity index (χ1n) is 7.72. The SMILES string of the molecule is O=C(Nc1nc(-c2ccc[nH]2)cs1)C1NNC2CCCCC21. The Bertz CT molecular complexity index is 653. The Labute approximate surface area is 132 Å². The number of hydrogen-bond acceptors (Lipinski definition) is 5. The predicted molar refractivity (Wildman–Crippen MR) is 86.3 cm³/mol. The molecule has 1 aliphatic heterocycles. The topological polar surface area (TPSA) is 81.8 Å². The van der Waals surface area contributed by atoms with E-state index in [1.807, 2.05) is 23.7 Å². The number of aromatic amines is 1. The highest BCUT2D eigenvalue weighted by Crippen LogP contribution is 2.31. The number of hydrogen-bond donors (Lipinski definition) is 4. The second-order valence-electron chi connectivity index (χ2n) is 5.93. The fraction of sp³-hybridized carbons (Fsp3) is 0.467. The predicted octanol–water partition coefficient (Wildman–Crippen LogP) is 2.11. The van der Waals surface area contributed by atoms with Gasteiger partial charge >= 0.3 is 0 Å². The van der Waals surface area contributed by atoms with Crippen LogP contribution >= 0.6 is 11.3 Å². The first-order chi connectivity index (χ1) is 10.8. The Hall–Kier alpha value is -1.70. The van der Waals surface area contributed by atoms with E-state index in [0.717, 1.165) is 24.2 Å². The van der Waals surface area contributed by atoms with E-state index in [-0.39, 0.29) is 11.9 Å². The van der Waals surface area contributed by atoms with Crippen molar-refractivity contribution in [1.29, 1.82) is 0 Å². The Morgan fingerprint density at radius 3 is 3.09 bits per heavy atom. The van der Waals surface area contributed by atoms with Gasteiger partial charge in [-0.1, -0.05) is 12.8 Å². The van der Waals surface area contributed by atoms with Crippen molar-refractivity contribution in [3.63, 3.8) is 0 Å². The van der Waals surface area contributed by atoms with Crippen LogP contribution in [0.3, 0.4) is 0 Å². The van der Waals surface area contributed by atoms with Gasteiger partial charge in [-0.15, -0.1) is 11.3 Å². The van der Waals surface area contributed by atoms with Gasteiger partial charge < -0.3 is 10.3 Å². The largest absolute Gasteiger partial charge is 0.360 e. The molecule has 0 aromatic carbocycles. The molecule has 116 valence electrons. The Morgan fingerprint density at radius 1 is 1.32 bits per heavy atom. The summed E-state index contributed by atoms with van der Waals surface area (Å²) in [6, 6.07) is 4.17. The van der Waals surface area contributed by atoms with E-state index in [0.29, 0.717) is 17.1 Å². The van der Waals surface area contributed by atoms with E-state index in [9.17, 15) is 4.79 Å². The molecule has 2 aliphatic rings. The first kappa shape index (κ1) is 13.9. The molecular formula is C15H19N5OS. The van der Waals surface area contributed by atoms with Crippen LogP contribution in [0.1, 0.15) is 25.7 Å². The number of amides is 1. The van der Waals surface area contributed by atoms with Crippen LogP contribution < -0.4 is 16.2 Å². The molecule has 2 fully saturated rings. The lowest BCUT2D eigenvalue weighted by Crippen LogP contribution is -2.42. The smallest absolute Gasteiger partial charge is 0.244 e. The van der Waals surface area contributed by atoms with Crippen molar-refractivity contribution in [2.45, 2.75) is 37.8 Å². The van der Waals surface area contributed by atoms with Gasteiger partial charge in [0.25, 0.3) is 0 Å². The molecule has 4 rings (SSSR count). The molecule has 3 atom stereocenters. The molecule has 1 aliphatic carbocycles. The molecule has 2 aromatic rings. The number of rotatable bonds is 3. The second-order valence-corrected chi connectivity index (χ2v) is 6.79. The minimum absolute atomic E-state index is 0.00860. The van der Waals surface area contributed by atoms with Crippen molar-refractivity contribution >= 4 is 22.4 Å². The number of aromatic nitrogens is 2. The number of carbonyl (C=O) groups is 1. The second kappa shape index (κ2) is 5.83. The molecule has 1 saturated carbocycles. The normalized spacial score (nSPS) is 27.5. The summed E-state index contributed by atoms with van der Waals surface area (Å²) in [5.41, 5.74) is 8.25. The molecule has 6 nitrogen and oxygen atoms in total. The average Bonchev–Trinajstić information content (AvgIpc) is 3.27. The van der Waals surface area contributed by atoms with Gasteiger partial charge in [0.05, 0.1) is 11.4 Å². The lowest BCUT2D eigenvalue weighted by Gasteiger charge is -2.26. The quantitative estimate of drug-likeness (QED) is 0.699. The molecule has 7 heteroatoms. The molecule has 0 bridgehead atoms. The van der Waals surface area contributed by atoms with Crippen LogP contribution in [0, 0.1) is 5.92 Å². The highest BCUT2D eigenvalue weighted by atomic mass is 32.1. The summed E-state index contributed by atoms with van der Waals surface area (Å²) in [6.45, 7) is 0. The molecular weight excluding hydrogens is 298 g/mol. The fourth-order valence-electron chi connectivity index (χ4n) is 3.43. The highest BCUT2D eigenvalue weighted by Gasteiger charge is 2.41. The number of hydrazine groups is 1. The van der Waals surface area contributed by atoms with Crippen molar-refractivity contribution in [3.05, 3.63) is 23.7 Å². The van der Waals surface area contributed by atoms with Gasteiger partial charge in [-0.2, -0.15) is 0 Å². The third-order valence-corrected chi connectivity index (χ3v) is 5.32. The van der Waals surface area contributed by atoms with Crippen LogP contribution in [0.5, 0.6) is 0 Å². The molecule has 2 aromatic heterocycles. The zero-order valence-electron chi connectivity index (χ0n) is 12.1. The third-order valence-electron chi connectivity index (χ3n) is 4.56. The van der Waals surface area contributed by atoms with Crippen LogP contribution in [-0.2, 0) is 4.79 Å². The lowest BCUT2D eigenvalue weighted by molar-refractivity contribution is -0.118. The van der Waals surface area contributed by atoms with Crippen molar-refractivity contribution in [2.75, 3.05) is 5.32 Å². The monoisotopic (exact) mass is 317 g/mol. The Kier molecular flexibility index (Phi) is 3.69. The van der Waals surface area contributed by atoms with Crippen LogP contribution in [0.2, 0.25) is 0 Å². The summed E-state index contributed by atoms with van der Waals surface area (Å²) in [4.78, 5) is 20.1. The zero-order chi connectivity index (χ0) is 14.9. The molecule has 1 amide bonds. The summed E-state index contributed by atoms with van der Waals surface area (Å²) in [5, 5.41) is 5.55. The molecule has 4 N–H and O–H groups in total. The highest BCUT2D eigenvalue weighted by molar-refractivity contribution is 7.14. The number of H-pyrrole nitrogens is 1. The van der Waals surface area contributed by atoms with Gasteiger partial charge in [0.1, 0.15) is 6.04 Å². The number of nitrogens with one attached hydrogen (secondary N) is 4. The van der Waals surface area contributed by atoms with Crippen molar-refractivity contribution in [1.82, 2.24) is 20.8 Å². The third kappa shape index (κ3) is 2.55. The summed E-state index contributed by atoms with van der Waals surface area (Å²) in [6.07, 6.45) is 6.58. The van der Waals surface area contributed by atoms with Gasteiger partial charge in [-0.25, -0.2) is 10.4 Å². The summed E-state index contributed by atoms with van der Waals surface area (Å²) < 4.78 is 0. The Morgan fingerprint density at radius 2 is 2.23 bits per heavy atom. The molecule has 0 spiro atoms. The molecule has 3 heterocycles. The number of nitrogens with zero attached hydrogens (tertiary/aromatic N) is 1. The lowest BCUT2D eigenvalue weighted by atomic mass is 9.81. The maximum Gasteiger partial charge on any atom is 0.244 e. The van der Waals surface area contributed by atoms with Crippen LogP contribution in [0.15, 0.2) is 23.7 Å². The van der Waals surface area contributed by atoms with E-state index in [1.165, 1.54) is 24.2 Å². The first-order valence-corrected chi connectivity index (χ1v) is 8.60. The van der Waals surface area contributed by atoms with E-state index >= 15 is 0 Å². The number of thiazole rings is 1. The van der Waals surface area contributed by atoms with Gasteiger partial charge in [-0.05, 0) is 25.0 Å². The molecule has 22 heavy (non-hydrogen) atoms.